The van der Waals surface area contributed by atoms with Crippen LogP contribution in [0.3, 0.4) is 0 Å². The molecule has 1 aromatic carbocycles. The number of benzene rings is 1. The van der Waals surface area contributed by atoms with Crippen LogP contribution in [0.25, 0.3) is 0 Å². The summed E-state index contributed by atoms with van der Waals surface area (Å²) in [6.45, 7) is 7.65. The van der Waals surface area contributed by atoms with E-state index in [-0.39, 0.29) is 5.82 Å². The van der Waals surface area contributed by atoms with E-state index in [1.807, 2.05) is 0 Å². The lowest BCUT2D eigenvalue weighted by Crippen LogP contribution is -2.29. The van der Waals surface area contributed by atoms with Crippen molar-refractivity contribution in [3.05, 3.63) is 24.0 Å². The van der Waals surface area contributed by atoms with Crippen LogP contribution >= 0.6 is 0 Å². The fourth-order valence-electron chi connectivity index (χ4n) is 2.94. The molecule has 1 aromatic rings. The van der Waals surface area contributed by atoms with Crippen molar-refractivity contribution in [1.29, 1.82) is 0 Å². The van der Waals surface area contributed by atoms with Crippen molar-refractivity contribution in [3.63, 3.8) is 0 Å². The molecule has 5 heteroatoms. The lowest BCUT2D eigenvalue weighted by molar-refractivity contribution is 0.0636. The van der Waals surface area contributed by atoms with Crippen LogP contribution in [0.5, 0.6) is 0 Å². The zero-order valence-electron chi connectivity index (χ0n) is 14.4. The Bertz CT molecular complexity index is 554. The summed E-state index contributed by atoms with van der Waals surface area (Å²) in [6.07, 6.45) is 3.99. The maximum atomic E-state index is 13.6. The van der Waals surface area contributed by atoms with Crippen LogP contribution in [0, 0.1) is 11.7 Å². The van der Waals surface area contributed by atoms with Crippen LogP contribution in [0.4, 0.5) is 20.6 Å². The summed E-state index contributed by atoms with van der Waals surface area (Å²) < 4.78 is 18.9. The number of hydrogen-bond donors (Lipinski definition) is 2. The number of anilines is 2. The standard InChI is InChI=1S/C18H27FN2O2/c1-12-6-5-7-14(10-12)20-16-11-13(19)8-9-15(16)21-17(22)23-18(2,3)4/h8-9,11-12,14,20H,5-7,10H2,1-4H3,(H,21,22). The molecular weight excluding hydrogens is 295 g/mol. The Labute approximate surface area is 137 Å². The Morgan fingerprint density at radius 1 is 1.26 bits per heavy atom. The van der Waals surface area contributed by atoms with Crippen LogP contribution in [-0.4, -0.2) is 17.7 Å². The average Bonchev–Trinajstić information content (AvgIpc) is 2.40. The highest BCUT2D eigenvalue weighted by molar-refractivity contribution is 5.89. The van der Waals surface area contributed by atoms with Gasteiger partial charge in [-0.25, -0.2) is 9.18 Å². The van der Waals surface area contributed by atoms with Gasteiger partial charge in [0, 0.05) is 6.04 Å². The lowest BCUT2D eigenvalue weighted by atomic mass is 9.87. The Morgan fingerprint density at radius 2 is 2.00 bits per heavy atom. The summed E-state index contributed by atoms with van der Waals surface area (Å²) in [5.41, 5.74) is 0.574. The van der Waals surface area contributed by atoms with E-state index < -0.39 is 11.7 Å². The highest BCUT2D eigenvalue weighted by Gasteiger charge is 2.21. The number of amides is 1. The van der Waals surface area contributed by atoms with Crippen molar-refractivity contribution in [1.82, 2.24) is 0 Å². The van der Waals surface area contributed by atoms with E-state index in [0.29, 0.717) is 23.3 Å². The molecule has 0 saturated heterocycles. The normalized spacial score (nSPS) is 21.6. The zero-order valence-corrected chi connectivity index (χ0v) is 14.4. The molecule has 1 saturated carbocycles. The molecule has 23 heavy (non-hydrogen) atoms. The quantitative estimate of drug-likeness (QED) is 0.808. The van der Waals surface area contributed by atoms with Crippen LogP contribution in [0.15, 0.2) is 18.2 Å². The number of halogens is 1. The van der Waals surface area contributed by atoms with Gasteiger partial charge in [0.15, 0.2) is 0 Å². The number of nitrogens with one attached hydrogen (secondary N) is 2. The summed E-state index contributed by atoms with van der Waals surface area (Å²) in [5.74, 6) is 0.336. The van der Waals surface area contributed by atoms with E-state index in [2.05, 4.69) is 17.6 Å². The molecule has 2 rings (SSSR count). The van der Waals surface area contributed by atoms with Crippen LogP contribution in [0.1, 0.15) is 53.4 Å². The van der Waals surface area contributed by atoms with E-state index in [1.165, 1.54) is 25.0 Å². The molecule has 0 spiro atoms. The molecule has 1 amide bonds. The Hall–Kier alpha value is -1.78. The summed E-state index contributed by atoms with van der Waals surface area (Å²) in [7, 11) is 0. The summed E-state index contributed by atoms with van der Waals surface area (Å²) >= 11 is 0. The maximum absolute atomic E-state index is 13.6. The number of rotatable bonds is 3. The number of hydrogen-bond acceptors (Lipinski definition) is 3. The van der Waals surface area contributed by atoms with E-state index >= 15 is 0 Å². The van der Waals surface area contributed by atoms with Gasteiger partial charge < -0.3 is 10.1 Å². The second-order valence-corrected chi connectivity index (χ2v) is 7.43. The molecule has 0 bridgehead atoms. The van der Waals surface area contributed by atoms with Crippen LogP contribution < -0.4 is 10.6 Å². The number of carbonyl (C=O) groups is 1. The third kappa shape index (κ3) is 5.73. The fourth-order valence-corrected chi connectivity index (χ4v) is 2.94. The summed E-state index contributed by atoms with van der Waals surface area (Å²) in [5, 5.41) is 6.08. The largest absolute Gasteiger partial charge is 0.444 e. The smallest absolute Gasteiger partial charge is 0.412 e. The van der Waals surface area contributed by atoms with Gasteiger partial charge in [0.25, 0.3) is 0 Å². The topological polar surface area (TPSA) is 50.4 Å². The minimum Gasteiger partial charge on any atom is -0.444 e. The second-order valence-electron chi connectivity index (χ2n) is 7.43. The first kappa shape index (κ1) is 17.6. The molecule has 128 valence electrons. The van der Waals surface area contributed by atoms with Gasteiger partial charge in [-0.2, -0.15) is 0 Å². The molecule has 1 fully saturated rings. The molecule has 1 aliphatic rings. The monoisotopic (exact) mass is 322 g/mol. The number of carbonyl (C=O) groups excluding carboxylic acids is 1. The SMILES string of the molecule is CC1CCCC(Nc2cc(F)ccc2NC(=O)OC(C)(C)C)C1. The van der Waals surface area contributed by atoms with Crippen molar-refractivity contribution < 1.29 is 13.9 Å². The molecule has 2 N–H and O–H groups in total. The van der Waals surface area contributed by atoms with Crippen LogP contribution in [-0.2, 0) is 4.74 Å². The van der Waals surface area contributed by atoms with Gasteiger partial charge in [0.1, 0.15) is 11.4 Å². The predicted octanol–water partition coefficient (Wildman–Crippen LogP) is 5.16. The molecule has 2 unspecified atom stereocenters. The van der Waals surface area contributed by atoms with Gasteiger partial charge in [-0.1, -0.05) is 19.8 Å². The highest BCUT2D eigenvalue weighted by atomic mass is 19.1. The highest BCUT2D eigenvalue weighted by Crippen LogP contribution is 2.30. The van der Waals surface area contributed by atoms with Crippen molar-refractivity contribution in [2.75, 3.05) is 10.6 Å². The van der Waals surface area contributed by atoms with E-state index in [4.69, 9.17) is 4.74 Å². The summed E-state index contributed by atoms with van der Waals surface area (Å²) in [6, 6.07) is 4.63. The van der Waals surface area contributed by atoms with Crippen molar-refractivity contribution >= 4 is 17.5 Å². The lowest BCUT2D eigenvalue weighted by Gasteiger charge is -2.29. The first-order valence-electron chi connectivity index (χ1n) is 8.29. The maximum Gasteiger partial charge on any atom is 0.412 e. The van der Waals surface area contributed by atoms with Crippen LogP contribution in [0.2, 0.25) is 0 Å². The zero-order chi connectivity index (χ0) is 17.0. The van der Waals surface area contributed by atoms with Gasteiger partial charge in [0.2, 0.25) is 0 Å². The minimum absolute atomic E-state index is 0.305. The molecule has 0 aromatic heterocycles. The number of ether oxygens (including phenoxy) is 1. The van der Waals surface area contributed by atoms with E-state index in [0.717, 1.165) is 12.8 Å². The average molecular weight is 322 g/mol. The Kier molecular flexibility index (Phi) is 5.50. The van der Waals surface area contributed by atoms with Gasteiger partial charge >= 0.3 is 6.09 Å². The van der Waals surface area contributed by atoms with Crippen molar-refractivity contribution in [2.24, 2.45) is 5.92 Å². The minimum atomic E-state index is -0.573. The van der Waals surface area contributed by atoms with Crippen molar-refractivity contribution in [2.45, 2.75) is 65.0 Å². The molecular formula is C18H27FN2O2. The predicted molar refractivity (Wildman–Crippen MR) is 91.3 cm³/mol. The molecule has 0 radical (unpaired) electrons. The van der Waals surface area contributed by atoms with Crippen molar-refractivity contribution in [3.8, 4) is 0 Å². The molecule has 4 nitrogen and oxygen atoms in total. The molecule has 0 aliphatic heterocycles. The first-order chi connectivity index (χ1) is 10.7. The third-order valence-electron chi connectivity index (χ3n) is 3.91. The molecule has 2 atom stereocenters. The fraction of sp³-hybridized carbons (Fsp3) is 0.611. The van der Waals surface area contributed by atoms with E-state index in [9.17, 15) is 9.18 Å². The molecule has 0 heterocycles. The van der Waals surface area contributed by atoms with E-state index in [1.54, 1.807) is 26.8 Å². The third-order valence-corrected chi connectivity index (χ3v) is 3.91. The second kappa shape index (κ2) is 7.20. The first-order valence-corrected chi connectivity index (χ1v) is 8.29. The van der Waals surface area contributed by atoms with Gasteiger partial charge in [-0.3, -0.25) is 5.32 Å². The molecule has 1 aliphatic carbocycles. The van der Waals surface area contributed by atoms with Gasteiger partial charge in [-0.15, -0.1) is 0 Å². The van der Waals surface area contributed by atoms with Gasteiger partial charge in [-0.05, 0) is 57.7 Å². The Balaban J connectivity index is 2.09. The van der Waals surface area contributed by atoms with Gasteiger partial charge in [0.05, 0.1) is 11.4 Å². The summed E-state index contributed by atoms with van der Waals surface area (Å²) in [4.78, 5) is 12.0. The Morgan fingerprint density at radius 3 is 2.65 bits per heavy atom.